The molecule has 90 valence electrons. The van der Waals surface area contributed by atoms with Crippen LogP contribution >= 0.6 is 0 Å². The molecule has 2 heterocycles. The van der Waals surface area contributed by atoms with E-state index < -0.39 is 0 Å². The van der Waals surface area contributed by atoms with Crippen LogP contribution in [0.5, 0.6) is 0 Å². The van der Waals surface area contributed by atoms with E-state index in [1.54, 1.807) is 0 Å². The molecule has 2 N–H and O–H groups in total. The first-order chi connectivity index (χ1) is 7.75. The Balaban J connectivity index is 1.99. The van der Waals surface area contributed by atoms with Crippen molar-refractivity contribution in [3.63, 3.8) is 0 Å². The predicted molar refractivity (Wildman–Crippen MR) is 64.4 cm³/mol. The first-order valence-electron chi connectivity index (χ1n) is 6.37. The lowest BCUT2D eigenvalue weighted by atomic mass is 10.0. The molecule has 0 saturated carbocycles. The molecular weight excluding hydrogens is 200 g/mol. The van der Waals surface area contributed by atoms with E-state index in [2.05, 4.69) is 34.3 Å². The van der Waals surface area contributed by atoms with E-state index >= 15 is 0 Å². The van der Waals surface area contributed by atoms with Crippen molar-refractivity contribution in [2.75, 3.05) is 13.1 Å². The van der Waals surface area contributed by atoms with Gasteiger partial charge in [-0.1, -0.05) is 20.3 Å². The summed E-state index contributed by atoms with van der Waals surface area (Å²) in [5, 5.41) is 10.9. The molecule has 4 nitrogen and oxygen atoms in total. The predicted octanol–water partition coefficient (Wildman–Crippen LogP) is 1.86. The summed E-state index contributed by atoms with van der Waals surface area (Å²) in [6.07, 6.45) is 4.77. The second-order valence-corrected chi connectivity index (χ2v) is 5.14. The third-order valence-corrected chi connectivity index (χ3v) is 3.06. The standard InChI is InChI=1S/C12H22N4/c1-9(2)7-11-14-12(16-15-11)10-5-3-4-6-13-8-10/h9-10,13H,3-8H2,1-2H3,(H,14,15,16). The maximum Gasteiger partial charge on any atom is 0.155 e. The molecule has 1 aromatic rings. The van der Waals surface area contributed by atoms with Gasteiger partial charge in [0.05, 0.1) is 0 Å². The number of H-pyrrole nitrogens is 1. The van der Waals surface area contributed by atoms with Crippen LogP contribution < -0.4 is 5.32 Å². The highest BCUT2D eigenvalue weighted by Gasteiger charge is 2.18. The van der Waals surface area contributed by atoms with E-state index in [4.69, 9.17) is 0 Å². The summed E-state index contributed by atoms with van der Waals surface area (Å²) in [6.45, 7) is 6.57. The zero-order valence-electron chi connectivity index (χ0n) is 10.3. The fourth-order valence-electron chi connectivity index (χ4n) is 2.21. The molecule has 0 bridgehead atoms. The Morgan fingerprint density at radius 2 is 2.25 bits per heavy atom. The lowest BCUT2D eigenvalue weighted by Crippen LogP contribution is -2.20. The lowest BCUT2D eigenvalue weighted by Gasteiger charge is -2.08. The minimum absolute atomic E-state index is 0.500. The normalized spacial score (nSPS) is 22.3. The van der Waals surface area contributed by atoms with E-state index in [9.17, 15) is 0 Å². The van der Waals surface area contributed by atoms with Crippen LogP contribution in [0.2, 0.25) is 0 Å². The highest BCUT2D eigenvalue weighted by molar-refractivity contribution is 5.00. The van der Waals surface area contributed by atoms with E-state index in [0.717, 1.165) is 31.2 Å². The van der Waals surface area contributed by atoms with Gasteiger partial charge in [0.15, 0.2) is 5.82 Å². The van der Waals surface area contributed by atoms with Gasteiger partial charge in [0, 0.05) is 18.9 Å². The zero-order valence-corrected chi connectivity index (χ0v) is 10.3. The SMILES string of the molecule is CC(C)Cc1nc(C2CCCCNC2)n[nH]1. The van der Waals surface area contributed by atoms with Crippen LogP contribution in [0.1, 0.15) is 50.7 Å². The van der Waals surface area contributed by atoms with Gasteiger partial charge in [0.2, 0.25) is 0 Å². The molecule has 1 fully saturated rings. The minimum atomic E-state index is 0.500. The van der Waals surface area contributed by atoms with E-state index in [1.165, 1.54) is 19.3 Å². The topological polar surface area (TPSA) is 53.6 Å². The van der Waals surface area contributed by atoms with Gasteiger partial charge >= 0.3 is 0 Å². The Hall–Kier alpha value is -0.900. The quantitative estimate of drug-likeness (QED) is 0.820. The van der Waals surface area contributed by atoms with Gasteiger partial charge < -0.3 is 5.32 Å². The van der Waals surface area contributed by atoms with Crippen molar-refractivity contribution in [1.29, 1.82) is 0 Å². The number of aromatic amines is 1. The molecule has 1 aliphatic rings. The van der Waals surface area contributed by atoms with Crippen molar-refractivity contribution >= 4 is 0 Å². The molecule has 16 heavy (non-hydrogen) atoms. The Kier molecular flexibility index (Phi) is 3.93. The van der Waals surface area contributed by atoms with Gasteiger partial charge in [-0.3, -0.25) is 5.10 Å². The van der Waals surface area contributed by atoms with Gasteiger partial charge in [-0.2, -0.15) is 5.10 Å². The van der Waals surface area contributed by atoms with E-state index in [0.29, 0.717) is 11.8 Å². The largest absolute Gasteiger partial charge is 0.316 e. The summed E-state index contributed by atoms with van der Waals surface area (Å²) >= 11 is 0. The Morgan fingerprint density at radius 3 is 3.06 bits per heavy atom. The monoisotopic (exact) mass is 222 g/mol. The fraction of sp³-hybridized carbons (Fsp3) is 0.833. The van der Waals surface area contributed by atoms with Crippen LogP contribution in [0.4, 0.5) is 0 Å². The number of hydrogen-bond donors (Lipinski definition) is 2. The van der Waals surface area contributed by atoms with E-state index in [-0.39, 0.29) is 0 Å². The fourth-order valence-corrected chi connectivity index (χ4v) is 2.21. The summed E-state index contributed by atoms with van der Waals surface area (Å²) in [6, 6.07) is 0. The number of aromatic nitrogens is 3. The molecule has 0 aromatic carbocycles. The summed E-state index contributed by atoms with van der Waals surface area (Å²) in [7, 11) is 0. The Morgan fingerprint density at radius 1 is 1.38 bits per heavy atom. The van der Waals surface area contributed by atoms with Gasteiger partial charge in [0.1, 0.15) is 5.82 Å². The maximum atomic E-state index is 4.61. The van der Waals surface area contributed by atoms with E-state index in [1.807, 2.05) is 0 Å². The Bertz CT molecular complexity index is 311. The van der Waals surface area contributed by atoms with Crippen LogP contribution in [0.3, 0.4) is 0 Å². The molecule has 1 aliphatic heterocycles. The molecule has 1 atom stereocenters. The van der Waals surface area contributed by atoms with Crippen LogP contribution in [0.25, 0.3) is 0 Å². The molecule has 2 rings (SSSR count). The van der Waals surface area contributed by atoms with Crippen molar-refractivity contribution in [2.45, 2.75) is 45.4 Å². The minimum Gasteiger partial charge on any atom is -0.316 e. The maximum absolute atomic E-state index is 4.61. The first-order valence-corrected chi connectivity index (χ1v) is 6.37. The highest BCUT2D eigenvalue weighted by Crippen LogP contribution is 2.20. The van der Waals surface area contributed by atoms with Crippen molar-refractivity contribution in [3.05, 3.63) is 11.6 Å². The van der Waals surface area contributed by atoms with Crippen LogP contribution in [-0.4, -0.2) is 28.3 Å². The molecule has 0 spiro atoms. The third-order valence-electron chi connectivity index (χ3n) is 3.06. The summed E-state index contributed by atoms with van der Waals surface area (Å²) in [5.74, 6) is 3.17. The second-order valence-electron chi connectivity index (χ2n) is 5.14. The van der Waals surface area contributed by atoms with Crippen LogP contribution in [0, 0.1) is 5.92 Å². The molecule has 0 radical (unpaired) electrons. The van der Waals surface area contributed by atoms with Crippen LogP contribution in [-0.2, 0) is 6.42 Å². The highest BCUT2D eigenvalue weighted by atomic mass is 15.2. The molecule has 1 saturated heterocycles. The van der Waals surface area contributed by atoms with Crippen molar-refractivity contribution < 1.29 is 0 Å². The molecule has 0 amide bonds. The summed E-state index contributed by atoms with van der Waals surface area (Å²) in [5.41, 5.74) is 0. The number of nitrogens with zero attached hydrogens (tertiary/aromatic N) is 2. The second kappa shape index (κ2) is 5.43. The van der Waals surface area contributed by atoms with Crippen molar-refractivity contribution in [1.82, 2.24) is 20.5 Å². The zero-order chi connectivity index (χ0) is 11.4. The van der Waals surface area contributed by atoms with Crippen LogP contribution in [0.15, 0.2) is 0 Å². The average Bonchev–Trinajstić information content (AvgIpc) is 2.53. The number of rotatable bonds is 3. The third kappa shape index (κ3) is 3.04. The number of hydrogen-bond acceptors (Lipinski definition) is 3. The van der Waals surface area contributed by atoms with Gasteiger partial charge in [0.25, 0.3) is 0 Å². The molecule has 0 aliphatic carbocycles. The first kappa shape index (κ1) is 11.6. The molecule has 1 aromatic heterocycles. The van der Waals surface area contributed by atoms with Gasteiger partial charge in [-0.05, 0) is 25.3 Å². The smallest absolute Gasteiger partial charge is 0.155 e. The summed E-state index contributed by atoms with van der Waals surface area (Å²) < 4.78 is 0. The number of nitrogens with one attached hydrogen (secondary N) is 2. The summed E-state index contributed by atoms with van der Waals surface area (Å²) in [4.78, 5) is 4.61. The Labute approximate surface area is 97.2 Å². The van der Waals surface area contributed by atoms with Gasteiger partial charge in [-0.15, -0.1) is 0 Å². The molecule has 4 heteroatoms. The lowest BCUT2D eigenvalue weighted by molar-refractivity contribution is 0.578. The average molecular weight is 222 g/mol. The van der Waals surface area contributed by atoms with Crippen molar-refractivity contribution in [3.8, 4) is 0 Å². The molecular formula is C12H22N4. The van der Waals surface area contributed by atoms with Crippen molar-refractivity contribution in [2.24, 2.45) is 5.92 Å². The van der Waals surface area contributed by atoms with Gasteiger partial charge in [-0.25, -0.2) is 4.98 Å². The molecule has 1 unspecified atom stereocenters.